The van der Waals surface area contributed by atoms with Crippen LogP contribution in [0.3, 0.4) is 0 Å². The zero-order chi connectivity index (χ0) is 10.8. The lowest BCUT2D eigenvalue weighted by atomic mass is 10.1. The zero-order valence-corrected chi connectivity index (χ0v) is 9.44. The molecular weight excluding hydrogens is 258 g/mol. The summed E-state index contributed by atoms with van der Waals surface area (Å²) in [6.45, 7) is 0. The summed E-state index contributed by atoms with van der Waals surface area (Å²) in [5.74, 6) is 0.486. The van der Waals surface area contributed by atoms with E-state index in [1.807, 2.05) is 6.07 Å². The lowest BCUT2D eigenvalue weighted by Crippen LogP contribution is -2.02. The molecule has 2 aromatic rings. The minimum absolute atomic E-state index is 0.486. The number of furan rings is 1. The highest BCUT2D eigenvalue weighted by Gasteiger charge is 2.15. The molecule has 0 saturated carbocycles. The normalized spacial score (nSPS) is 12.7. The number of hydrogen-bond donors (Lipinski definition) is 2. The molecule has 4 heteroatoms. The molecule has 2 rings (SSSR count). The molecule has 0 amide bonds. The van der Waals surface area contributed by atoms with Crippen LogP contribution in [0.2, 0.25) is 0 Å². The van der Waals surface area contributed by atoms with Crippen molar-refractivity contribution in [2.75, 3.05) is 5.73 Å². The van der Waals surface area contributed by atoms with Gasteiger partial charge in [0.05, 0.1) is 6.26 Å². The average Bonchev–Trinajstić information content (AvgIpc) is 2.74. The predicted molar refractivity (Wildman–Crippen MR) is 61.3 cm³/mol. The summed E-state index contributed by atoms with van der Waals surface area (Å²) in [5, 5.41) is 9.99. The van der Waals surface area contributed by atoms with E-state index in [2.05, 4.69) is 15.9 Å². The lowest BCUT2D eigenvalue weighted by Gasteiger charge is -2.11. The van der Waals surface area contributed by atoms with Gasteiger partial charge in [0.25, 0.3) is 0 Å². The number of halogens is 1. The SMILES string of the molecule is Nc1ccc(Br)cc1C(O)c1ccco1. The van der Waals surface area contributed by atoms with Gasteiger partial charge in [0, 0.05) is 15.7 Å². The van der Waals surface area contributed by atoms with Gasteiger partial charge in [-0.2, -0.15) is 0 Å². The quantitative estimate of drug-likeness (QED) is 0.823. The van der Waals surface area contributed by atoms with E-state index in [4.69, 9.17) is 10.2 Å². The van der Waals surface area contributed by atoms with Gasteiger partial charge in [-0.25, -0.2) is 0 Å². The zero-order valence-electron chi connectivity index (χ0n) is 7.85. The minimum atomic E-state index is -0.822. The van der Waals surface area contributed by atoms with E-state index in [0.29, 0.717) is 17.0 Å². The average molecular weight is 268 g/mol. The molecule has 0 spiro atoms. The topological polar surface area (TPSA) is 59.4 Å². The third-order valence-corrected chi connectivity index (χ3v) is 2.65. The summed E-state index contributed by atoms with van der Waals surface area (Å²) in [4.78, 5) is 0. The number of aliphatic hydroxyl groups excluding tert-OH is 1. The second-order valence-electron chi connectivity index (χ2n) is 3.19. The van der Waals surface area contributed by atoms with Crippen molar-refractivity contribution in [3.05, 3.63) is 52.4 Å². The second-order valence-corrected chi connectivity index (χ2v) is 4.11. The monoisotopic (exact) mass is 267 g/mol. The first kappa shape index (κ1) is 10.3. The Hall–Kier alpha value is -1.26. The summed E-state index contributed by atoms with van der Waals surface area (Å²) in [6.07, 6.45) is 0.699. The van der Waals surface area contributed by atoms with Gasteiger partial charge >= 0.3 is 0 Å². The number of rotatable bonds is 2. The number of anilines is 1. The van der Waals surface area contributed by atoms with Crippen LogP contribution >= 0.6 is 15.9 Å². The van der Waals surface area contributed by atoms with Gasteiger partial charge in [-0.3, -0.25) is 0 Å². The fraction of sp³-hybridized carbons (Fsp3) is 0.0909. The highest BCUT2D eigenvalue weighted by Crippen LogP contribution is 2.29. The summed E-state index contributed by atoms with van der Waals surface area (Å²) in [5.41, 5.74) is 6.96. The molecular formula is C11H10BrNO2. The molecule has 3 nitrogen and oxygen atoms in total. The molecule has 1 heterocycles. The van der Waals surface area contributed by atoms with Gasteiger partial charge in [-0.15, -0.1) is 0 Å². The molecule has 0 aliphatic heterocycles. The van der Waals surface area contributed by atoms with Gasteiger partial charge < -0.3 is 15.3 Å². The molecule has 78 valence electrons. The molecule has 1 aromatic carbocycles. The summed E-state index contributed by atoms with van der Waals surface area (Å²) < 4.78 is 6.00. The highest BCUT2D eigenvalue weighted by atomic mass is 79.9. The first-order chi connectivity index (χ1) is 7.18. The Morgan fingerprint density at radius 3 is 2.80 bits per heavy atom. The highest BCUT2D eigenvalue weighted by molar-refractivity contribution is 9.10. The van der Waals surface area contributed by atoms with Crippen LogP contribution < -0.4 is 5.73 Å². The number of hydrogen-bond acceptors (Lipinski definition) is 3. The van der Waals surface area contributed by atoms with Crippen molar-refractivity contribution >= 4 is 21.6 Å². The Balaban J connectivity index is 2.41. The van der Waals surface area contributed by atoms with Gasteiger partial charge in [-0.05, 0) is 30.3 Å². The Labute approximate surface area is 95.6 Å². The molecule has 0 bridgehead atoms. The molecule has 0 saturated heterocycles. The van der Waals surface area contributed by atoms with Crippen molar-refractivity contribution in [3.63, 3.8) is 0 Å². The summed E-state index contributed by atoms with van der Waals surface area (Å²) in [7, 11) is 0. The maximum atomic E-state index is 9.99. The van der Waals surface area contributed by atoms with Crippen LogP contribution in [0.15, 0.2) is 45.5 Å². The van der Waals surface area contributed by atoms with E-state index < -0.39 is 6.10 Å². The van der Waals surface area contributed by atoms with E-state index in [1.165, 1.54) is 6.26 Å². The number of aliphatic hydroxyl groups is 1. The second kappa shape index (κ2) is 4.08. The van der Waals surface area contributed by atoms with Crippen LogP contribution in [-0.4, -0.2) is 5.11 Å². The minimum Gasteiger partial charge on any atom is -0.466 e. The van der Waals surface area contributed by atoms with Crippen molar-refractivity contribution in [2.24, 2.45) is 0 Å². The number of nitrogens with two attached hydrogens (primary N) is 1. The Kier molecular flexibility index (Phi) is 2.79. The van der Waals surface area contributed by atoms with Crippen LogP contribution in [0.25, 0.3) is 0 Å². The number of benzene rings is 1. The molecule has 0 radical (unpaired) electrons. The Morgan fingerprint density at radius 2 is 2.13 bits per heavy atom. The van der Waals surface area contributed by atoms with E-state index in [9.17, 15) is 5.11 Å². The fourth-order valence-electron chi connectivity index (χ4n) is 1.38. The first-order valence-corrected chi connectivity index (χ1v) is 5.24. The molecule has 0 aliphatic rings. The van der Waals surface area contributed by atoms with Crippen LogP contribution in [0.4, 0.5) is 5.69 Å². The summed E-state index contributed by atoms with van der Waals surface area (Å²) in [6, 6.07) is 8.79. The molecule has 0 fully saturated rings. The van der Waals surface area contributed by atoms with Crippen LogP contribution in [0, 0.1) is 0 Å². The van der Waals surface area contributed by atoms with Crippen LogP contribution in [0.5, 0.6) is 0 Å². The van der Waals surface area contributed by atoms with Crippen LogP contribution in [-0.2, 0) is 0 Å². The number of nitrogen functional groups attached to an aromatic ring is 1. The van der Waals surface area contributed by atoms with E-state index >= 15 is 0 Å². The van der Waals surface area contributed by atoms with Gasteiger partial charge in [0.2, 0.25) is 0 Å². The lowest BCUT2D eigenvalue weighted by molar-refractivity contribution is 0.190. The third kappa shape index (κ3) is 2.06. The van der Waals surface area contributed by atoms with Crippen LogP contribution in [0.1, 0.15) is 17.4 Å². The molecule has 1 aromatic heterocycles. The molecule has 0 aliphatic carbocycles. The van der Waals surface area contributed by atoms with E-state index in [0.717, 1.165) is 4.47 Å². The first-order valence-electron chi connectivity index (χ1n) is 4.45. The van der Waals surface area contributed by atoms with Gasteiger partial charge in [-0.1, -0.05) is 15.9 Å². The Morgan fingerprint density at radius 1 is 1.33 bits per heavy atom. The summed E-state index contributed by atoms with van der Waals surface area (Å²) >= 11 is 3.33. The molecule has 3 N–H and O–H groups in total. The molecule has 1 unspecified atom stereocenters. The van der Waals surface area contributed by atoms with Gasteiger partial charge in [0.1, 0.15) is 11.9 Å². The fourth-order valence-corrected chi connectivity index (χ4v) is 1.76. The van der Waals surface area contributed by atoms with Crippen molar-refractivity contribution in [3.8, 4) is 0 Å². The smallest absolute Gasteiger partial charge is 0.139 e. The van der Waals surface area contributed by atoms with E-state index in [-0.39, 0.29) is 0 Å². The van der Waals surface area contributed by atoms with Crippen molar-refractivity contribution in [2.45, 2.75) is 6.10 Å². The maximum absolute atomic E-state index is 9.99. The predicted octanol–water partition coefficient (Wildman–Crippen LogP) is 2.71. The van der Waals surface area contributed by atoms with Gasteiger partial charge in [0.15, 0.2) is 0 Å². The van der Waals surface area contributed by atoms with Crippen molar-refractivity contribution < 1.29 is 9.52 Å². The molecule has 1 atom stereocenters. The molecule has 15 heavy (non-hydrogen) atoms. The standard InChI is InChI=1S/C11H10BrNO2/c12-7-3-4-9(13)8(6-7)11(14)10-2-1-5-15-10/h1-6,11,14H,13H2. The largest absolute Gasteiger partial charge is 0.466 e. The van der Waals surface area contributed by atoms with E-state index in [1.54, 1.807) is 24.3 Å². The third-order valence-electron chi connectivity index (χ3n) is 2.16. The Bertz CT molecular complexity index is 454. The van der Waals surface area contributed by atoms with Crippen molar-refractivity contribution in [1.82, 2.24) is 0 Å². The maximum Gasteiger partial charge on any atom is 0.139 e. The van der Waals surface area contributed by atoms with Crippen molar-refractivity contribution in [1.29, 1.82) is 0 Å².